The summed E-state index contributed by atoms with van der Waals surface area (Å²) < 4.78 is 16.4. The number of benzene rings is 1. The molecule has 0 saturated heterocycles. The molecule has 1 aliphatic rings. The van der Waals surface area contributed by atoms with Gasteiger partial charge in [0.1, 0.15) is 22.9 Å². The normalized spacial score (nSPS) is 26.9. The summed E-state index contributed by atoms with van der Waals surface area (Å²) in [6.45, 7) is 11.7. The van der Waals surface area contributed by atoms with Gasteiger partial charge in [-0.3, -0.25) is 14.4 Å². The summed E-state index contributed by atoms with van der Waals surface area (Å²) in [5, 5.41) is 11.2. The Labute approximate surface area is 184 Å². The summed E-state index contributed by atoms with van der Waals surface area (Å²) in [6.07, 6.45) is -0.360. The fraction of sp³-hybridized carbons (Fsp3) is 0.625. The second-order valence-corrected chi connectivity index (χ2v) is 10.3. The zero-order valence-corrected chi connectivity index (χ0v) is 19.6. The Morgan fingerprint density at radius 3 is 2.10 bits per heavy atom. The first kappa shape index (κ1) is 24.9. The van der Waals surface area contributed by atoms with Crippen LogP contribution >= 0.6 is 0 Å². The van der Waals surface area contributed by atoms with E-state index in [2.05, 4.69) is 0 Å². The lowest BCUT2D eigenvalue weighted by Gasteiger charge is -2.44. The fourth-order valence-corrected chi connectivity index (χ4v) is 4.00. The van der Waals surface area contributed by atoms with Gasteiger partial charge in [-0.05, 0) is 66.2 Å². The van der Waals surface area contributed by atoms with Gasteiger partial charge in [0.25, 0.3) is 0 Å². The Hall–Kier alpha value is -2.41. The maximum Gasteiger partial charge on any atom is 0.317 e. The molecule has 4 atom stereocenters. The van der Waals surface area contributed by atoms with Crippen LogP contribution in [0.5, 0.6) is 5.75 Å². The van der Waals surface area contributed by atoms with Gasteiger partial charge < -0.3 is 19.3 Å². The molecule has 1 fully saturated rings. The van der Waals surface area contributed by atoms with Crippen molar-refractivity contribution in [3.05, 3.63) is 29.8 Å². The number of carbonyl (C=O) groups is 3. The SMILES string of the molecule is COc1cccc([C@@H]2[C@H](C(=O)OC(C)(C)C)C(=O)C[C@@](C)(O)[C@H]2C(=O)OC(C)(C)C)c1. The van der Waals surface area contributed by atoms with Gasteiger partial charge in [0.05, 0.1) is 18.6 Å². The number of methoxy groups -OCH3 is 1. The molecule has 31 heavy (non-hydrogen) atoms. The third-order valence-electron chi connectivity index (χ3n) is 5.07. The van der Waals surface area contributed by atoms with Crippen molar-refractivity contribution >= 4 is 17.7 Å². The number of hydrogen-bond donors (Lipinski definition) is 1. The molecular weight excluding hydrogens is 400 g/mol. The number of hydrogen-bond acceptors (Lipinski definition) is 7. The molecule has 1 saturated carbocycles. The van der Waals surface area contributed by atoms with E-state index < -0.39 is 52.3 Å². The van der Waals surface area contributed by atoms with Crippen molar-refractivity contribution in [3.63, 3.8) is 0 Å². The minimum absolute atomic E-state index is 0.360. The van der Waals surface area contributed by atoms with E-state index in [0.29, 0.717) is 11.3 Å². The van der Waals surface area contributed by atoms with Crippen LogP contribution < -0.4 is 4.74 Å². The third-order valence-corrected chi connectivity index (χ3v) is 5.07. The monoisotopic (exact) mass is 434 g/mol. The first-order valence-corrected chi connectivity index (χ1v) is 10.4. The zero-order valence-electron chi connectivity index (χ0n) is 19.6. The van der Waals surface area contributed by atoms with Crippen molar-refractivity contribution in [1.29, 1.82) is 0 Å². The summed E-state index contributed by atoms with van der Waals surface area (Å²) >= 11 is 0. The van der Waals surface area contributed by atoms with E-state index in [1.165, 1.54) is 14.0 Å². The molecule has 0 aromatic heterocycles. The molecule has 2 rings (SSSR count). The van der Waals surface area contributed by atoms with Crippen LogP contribution in [-0.4, -0.2) is 46.7 Å². The maximum atomic E-state index is 13.3. The molecule has 0 spiro atoms. The lowest BCUT2D eigenvalue weighted by atomic mass is 9.61. The smallest absolute Gasteiger partial charge is 0.317 e. The quantitative estimate of drug-likeness (QED) is 0.573. The minimum Gasteiger partial charge on any atom is -0.497 e. The molecule has 172 valence electrons. The van der Waals surface area contributed by atoms with Crippen molar-refractivity contribution < 1.29 is 33.7 Å². The Morgan fingerprint density at radius 1 is 1.03 bits per heavy atom. The summed E-state index contributed by atoms with van der Waals surface area (Å²) in [6, 6.07) is 6.79. The molecular formula is C24H34O7. The van der Waals surface area contributed by atoms with Gasteiger partial charge >= 0.3 is 11.9 Å². The van der Waals surface area contributed by atoms with E-state index in [-0.39, 0.29) is 6.42 Å². The topological polar surface area (TPSA) is 99.1 Å². The van der Waals surface area contributed by atoms with Crippen LogP contribution in [0.15, 0.2) is 24.3 Å². The van der Waals surface area contributed by atoms with Crippen LogP contribution in [-0.2, 0) is 23.9 Å². The number of esters is 2. The third kappa shape index (κ3) is 6.06. The molecule has 7 nitrogen and oxygen atoms in total. The van der Waals surface area contributed by atoms with Gasteiger partial charge in [-0.2, -0.15) is 0 Å². The second kappa shape index (κ2) is 8.61. The molecule has 1 aromatic rings. The molecule has 1 aromatic carbocycles. The molecule has 0 heterocycles. The van der Waals surface area contributed by atoms with Crippen LogP contribution in [0.2, 0.25) is 0 Å². The van der Waals surface area contributed by atoms with Crippen LogP contribution in [0, 0.1) is 11.8 Å². The standard InChI is InChI=1S/C24H34O7/c1-22(2,3)30-20(26)18-16(25)13-24(7,28)19(21(27)31-23(4,5)6)17(18)14-10-9-11-15(12-14)29-8/h9-12,17-19,28H,13H2,1-8H3/t17-,18-,19-,24-/m1/s1. The predicted octanol–water partition coefficient (Wildman–Crippen LogP) is 3.42. The number of rotatable bonds is 4. The first-order valence-electron chi connectivity index (χ1n) is 10.4. The Morgan fingerprint density at radius 2 is 1.58 bits per heavy atom. The Bertz CT molecular complexity index is 842. The molecule has 1 N–H and O–H groups in total. The van der Waals surface area contributed by atoms with Gasteiger partial charge in [-0.25, -0.2) is 0 Å². The lowest BCUT2D eigenvalue weighted by Crippen LogP contribution is -2.56. The molecule has 7 heteroatoms. The second-order valence-electron chi connectivity index (χ2n) is 10.3. The molecule has 0 radical (unpaired) electrons. The van der Waals surface area contributed by atoms with Crippen molar-refractivity contribution in [1.82, 2.24) is 0 Å². The largest absolute Gasteiger partial charge is 0.497 e. The van der Waals surface area contributed by atoms with Crippen LogP contribution in [0.4, 0.5) is 0 Å². The van der Waals surface area contributed by atoms with E-state index in [4.69, 9.17) is 14.2 Å². The van der Waals surface area contributed by atoms with Gasteiger partial charge in [0.15, 0.2) is 5.78 Å². The highest BCUT2D eigenvalue weighted by Gasteiger charge is 2.57. The average molecular weight is 435 g/mol. The van der Waals surface area contributed by atoms with Crippen LogP contribution in [0.3, 0.4) is 0 Å². The molecule has 0 unspecified atom stereocenters. The van der Waals surface area contributed by atoms with Crippen molar-refractivity contribution in [3.8, 4) is 5.75 Å². The number of carbonyl (C=O) groups excluding carboxylic acids is 3. The summed E-state index contributed by atoms with van der Waals surface area (Å²) in [4.78, 5) is 39.5. The number of Topliss-reactive ketones (excluding diaryl/α,β-unsaturated/α-hetero) is 1. The maximum absolute atomic E-state index is 13.3. The van der Waals surface area contributed by atoms with Gasteiger partial charge in [0.2, 0.25) is 0 Å². The lowest BCUT2D eigenvalue weighted by molar-refractivity contribution is -0.182. The number of ether oxygens (including phenoxy) is 3. The van der Waals surface area contributed by atoms with E-state index in [1.807, 2.05) is 0 Å². The predicted molar refractivity (Wildman–Crippen MR) is 115 cm³/mol. The van der Waals surface area contributed by atoms with Gasteiger partial charge in [-0.15, -0.1) is 0 Å². The van der Waals surface area contributed by atoms with Crippen molar-refractivity contribution in [2.24, 2.45) is 11.8 Å². The highest BCUT2D eigenvalue weighted by atomic mass is 16.6. The van der Waals surface area contributed by atoms with E-state index in [9.17, 15) is 19.5 Å². The fourth-order valence-electron chi connectivity index (χ4n) is 4.00. The average Bonchev–Trinajstić information content (AvgIpc) is 2.56. The number of ketones is 1. The summed E-state index contributed by atoms with van der Waals surface area (Å²) in [5.41, 5.74) is -2.82. The molecule has 0 aliphatic heterocycles. The molecule has 0 amide bonds. The first-order chi connectivity index (χ1) is 14.1. The summed E-state index contributed by atoms with van der Waals surface area (Å²) in [5.74, 6) is -4.78. The van der Waals surface area contributed by atoms with E-state index in [1.54, 1.807) is 65.8 Å². The molecule has 0 bridgehead atoms. The van der Waals surface area contributed by atoms with Gasteiger partial charge in [-0.1, -0.05) is 12.1 Å². The summed E-state index contributed by atoms with van der Waals surface area (Å²) in [7, 11) is 1.50. The Kier molecular flexibility index (Phi) is 6.91. The van der Waals surface area contributed by atoms with Crippen LogP contribution in [0.1, 0.15) is 66.4 Å². The van der Waals surface area contributed by atoms with Gasteiger partial charge in [0, 0.05) is 12.3 Å². The number of aliphatic hydroxyl groups is 1. The van der Waals surface area contributed by atoms with Crippen LogP contribution in [0.25, 0.3) is 0 Å². The highest BCUT2D eigenvalue weighted by Crippen LogP contribution is 2.47. The van der Waals surface area contributed by atoms with Crippen molar-refractivity contribution in [2.45, 2.75) is 77.6 Å². The molecule has 1 aliphatic carbocycles. The van der Waals surface area contributed by atoms with Crippen molar-refractivity contribution in [2.75, 3.05) is 7.11 Å². The minimum atomic E-state index is -1.70. The van der Waals surface area contributed by atoms with E-state index >= 15 is 0 Å². The Balaban J connectivity index is 2.66. The van der Waals surface area contributed by atoms with E-state index in [0.717, 1.165) is 0 Å². The highest BCUT2D eigenvalue weighted by molar-refractivity contribution is 6.03. The zero-order chi connectivity index (χ0) is 23.8.